The van der Waals surface area contributed by atoms with Crippen molar-refractivity contribution in [2.24, 2.45) is 0 Å². The van der Waals surface area contributed by atoms with Crippen LogP contribution in [0.25, 0.3) is 0 Å². The smallest absolute Gasteiger partial charge is 0.192 e. The molecule has 0 bridgehead atoms. The van der Waals surface area contributed by atoms with Gasteiger partial charge in [0.1, 0.15) is 0 Å². The minimum Gasteiger partial charge on any atom is -0.413 e. The minimum absolute atomic E-state index is 0.138. The molecule has 0 unspecified atom stereocenters. The number of aliphatic hydroxyl groups is 1. The molecule has 2 aromatic carbocycles. The number of aliphatic hydroxyl groups excluding tert-OH is 1. The Kier molecular flexibility index (Phi) is 9.59. The van der Waals surface area contributed by atoms with E-state index in [4.69, 9.17) is 9.53 Å². The standard InChI is InChI=1S/C13H21IOSi.C7H7IO/c1-13(2,3)16(4,5)15-10-11-8-6-7-9-12(11)14;8-7-4-2-1-3-6(7)5-9/h6-9H,10H2,1-5H3;1-4,9H,5H2. The van der Waals surface area contributed by atoms with E-state index in [0.29, 0.717) is 0 Å². The van der Waals surface area contributed by atoms with Gasteiger partial charge in [-0.1, -0.05) is 57.2 Å². The Morgan fingerprint density at radius 1 is 0.880 bits per heavy atom. The molecule has 0 aliphatic carbocycles. The summed E-state index contributed by atoms with van der Waals surface area (Å²) in [6.45, 7) is 12.3. The molecule has 0 amide bonds. The molecule has 1 N–H and O–H groups in total. The Morgan fingerprint density at radius 3 is 1.68 bits per heavy atom. The first-order valence-corrected chi connectivity index (χ1v) is 13.4. The molecule has 0 radical (unpaired) electrons. The van der Waals surface area contributed by atoms with Gasteiger partial charge in [0.25, 0.3) is 0 Å². The SMILES string of the molecule is CC(C)(C)[Si](C)(C)OCc1ccccc1I.OCc1ccccc1I. The summed E-state index contributed by atoms with van der Waals surface area (Å²) >= 11 is 4.57. The van der Waals surface area contributed by atoms with Crippen LogP contribution in [0.15, 0.2) is 48.5 Å². The van der Waals surface area contributed by atoms with Gasteiger partial charge in [0.2, 0.25) is 0 Å². The maximum absolute atomic E-state index is 8.71. The molecular formula is C20H28I2O2Si. The van der Waals surface area contributed by atoms with E-state index in [1.165, 1.54) is 9.13 Å². The molecule has 2 aromatic rings. The van der Waals surface area contributed by atoms with Crippen LogP contribution < -0.4 is 0 Å². The molecule has 2 nitrogen and oxygen atoms in total. The van der Waals surface area contributed by atoms with Gasteiger partial charge < -0.3 is 9.53 Å². The summed E-state index contributed by atoms with van der Waals surface area (Å²) in [5, 5.41) is 9.00. The van der Waals surface area contributed by atoms with Gasteiger partial charge in [-0.25, -0.2) is 0 Å². The molecule has 0 aliphatic heterocycles. The van der Waals surface area contributed by atoms with Crippen molar-refractivity contribution >= 4 is 53.5 Å². The normalized spacial score (nSPS) is 11.7. The molecule has 0 fully saturated rings. The van der Waals surface area contributed by atoms with E-state index in [-0.39, 0.29) is 11.6 Å². The van der Waals surface area contributed by atoms with E-state index in [9.17, 15) is 0 Å². The van der Waals surface area contributed by atoms with E-state index in [1.54, 1.807) is 0 Å². The van der Waals surface area contributed by atoms with Crippen LogP contribution in [0.3, 0.4) is 0 Å². The Hall–Kier alpha value is 0.0369. The second-order valence-electron chi connectivity index (χ2n) is 7.39. The lowest BCUT2D eigenvalue weighted by atomic mass is 10.2. The highest BCUT2D eigenvalue weighted by molar-refractivity contribution is 14.1. The van der Waals surface area contributed by atoms with E-state index < -0.39 is 8.32 Å². The van der Waals surface area contributed by atoms with E-state index in [1.807, 2.05) is 24.3 Å². The van der Waals surface area contributed by atoms with Gasteiger partial charge in [0, 0.05) is 7.14 Å². The molecule has 0 heterocycles. The largest absolute Gasteiger partial charge is 0.413 e. The zero-order valence-corrected chi connectivity index (χ0v) is 21.0. The quantitative estimate of drug-likeness (QED) is 0.326. The summed E-state index contributed by atoms with van der Waals surface area (Å²) in [5.74, 6) is 0. The number of benzene rings is 2. The summed E-state index contributed by atoms with van der Waals surface area (Å²) < 4.78 is 8.61. The molecule has 138 valence electrons. The van der Waals surface area contributed by atoms with E-state index in [0.717, 1.165) is 15.7 Å². The van der Waals surface area contributed by atoms with Gasteiger partial charge >= 0.3 is 0 Å². The fourth-order valence-corrected chi connectivity index (χ4v) is 3.77. The minimum atomic E-state index is -1.61. The Balaban J connectivity index is 0.000000293. The fourth-order valence-electron chi connectivity index (χ4n) is 1.72. The van der Waals surface area contributed by atoms with Crippen LogP contribution >= 0.6 is 45.2 Å². The first-order valence-electron chi connectivity index (χ1n) is 8.30. The monoisotopic (exact) mass is 582 g/mol. The van der Waals surface area contributed by atoms with Crippen LogP contribution in [0.5, 0.6) is 0 Å². The van der Waals surface area contributed by atoms with Crippen molar-refractivity contribution in [3.05, 3.63) is 66.8 Å². The van der Waals surface area contributed by atoms with Crippen molar-refractivity contribution in [2.45, 2.75) is 52.1 Å². The van der Waals surface area contributed by atoms with Crippen molar-refractivity contribution in [1.29, 1.82) is 0 Å². The van der Waals surface area contributed by atoms with Crippen LogP contribution in [-0.2, 0) is 17.6 Å². The molecule has 0 saturated carbocycles. The summed E-state index contributed by atoms with van der Waals surface area (Å²) in [6, 6.07) is 16.2. The van der Waals surface area contributed by atoms with Crippen molar-refractivity contribution in [2.75, 3.05) is 0 Å². The number of halogens is 2. The van der Waals surface area contributed by atoms with Crippen molar-refractivity contribution in [3.8, 4) is 0 Å². The predicted octanol–water partition coefficient (Wildman–Crippen LogP) is 6.60. The number of hydrogen-bond donors (Lipinski definition) is 1. The lowest BCUT2D eigenvalue weighted by molar-refractivity contribution is 0.275. The summed E-state index contributed by atoms with van der Waals surface area (Å²) in [5.41, 5.74) is 2.30. The van der Waals surface area contributed by atoms with Crippen LogP contribution in [-0.4, -0.2) is 13.4 Å². The molecule has 0 saturated heterocycles. The zero-order valence-electron chi connectivity index (χ0n) is 15.6. The lowest BCUT2D eigenvalue weighted by Gasteiger charge is -2.36. The van der Waals surface area contributed by atoms with Crippen LogP contribution in [0.2, 0.25) is 18.1 Å². The van der Waals surface area contributed by atoms with Crippen LogP contribution in [0.4, 0.5) is 0 Å². The van der Waals surface area contributed by atoms with Gasteiger partial charge in [0.05, 0.1) is 13.2 Å². The maximum atomic E-state index is 8.71. The zero-order chi connectivity index (χ0) is 19.1. The maximum Gasteiger partial charge on any atom is 0.192 e. The van der Waals surface area contributed by atoms with Gasteiger partial charge in [-0.15, -0.1) is 0 Å². The van der Waals surface area contributed by atoms with Gasteiger partial charge in [0.15, 0.2) is 8.32 Å². The summed E-state index contributed by atoms with van der Waals surface area (Å²) in [6.07, 6.45) is 0. The summed E-state index contributed by atoms with van der Waals surface area (Å²) in [7, 11) is -1.61. The van der Waals surface area contributed by atoms with Crippen LogP contribution in [0, 0.1) is 7.14 Å². The molecule has 0 atom stereocenters. The highest BCUT2D eigenvalue weighted by atomic mass is 127. The van der Waals surface area contributed by atoms with Crippen molar-refractivity contribution in [1.82, 2.24) is 0 Å². The number of hydrogen-bond acceptors (Lipinski definition) is 2. The average Bonchev–Trinajstić information content (AvgIpc) is 2.54. The third kappa shape index (κ3) is 7.66. The van der Waals surface area contributed by atoms with Crippen molar-refractivity contribution in [3.63, 3.8) is 0 Å². The molecule has 0 aliphatic rings. The third-order valence-electron chi connectivity index (χ3n) is 4.48. The van der Waals surface area contributed by atoms with Crippen molar-refractivity contribution < 1.29 is 9.53 Å². The second kappa shape index (κ2) is 10.4. The first kappa shape index (κ1) is 23.1. The molecule has 0 spiro atoms. The number of rotatable bonds is 4. The Labute approximate surface area is 180 Å². The molecule has 0 aromatic heterocycles. The predicted molar refractivity (Wildman–Crippen MR) is 126 cm³/mol. The van der Waals surface area contributed by atoms with E-state index in [2.05, 4.69) is 103 Å². The summed E-state index contributed by atoms with van der Waals surface area (Å²) in [4.78, 5) is 0. The van der Waals surface area contributed by atoms with Gasteiger partial charge in [-0.05, 0) is 86.6 Å². The average molecular weight is 582 g/mol. The molecule has 25 heavy (non-hydrogen) atoms. The molecule has 2 rings (SSSR count). The Morgan fingerprint density at radius 2 is 1.32 bits per heavy atom. The first-order chi connectivity index (χ1) is 11.6. The highest BCUT2D eigenvalue weighted by Gasteiger charge is 2.37. The topological polar surface area (TPSA) is 29.5 Å². The lowest BCUT2D eigenvalue weighted by Crippen LogP contribution is -2.40. The fraction of sp³-hybridized carbons (Fsp3) is 0.400. The highest BCUT2D eigenvalue weighted by Crippen LogP contribution is 2.37. The van der Waals surface area contributed by atoms with Gasteiger partial charge in [-0.3, -0.25) is 0 Å². The molecule has 5 heteroatoms. The Bertz CT molecular complexity index is 667. The van der Waals surface area contributed by atoms with Gasteiger partial charge in [-0.2, -0.15) is 0 Å². The third-order valence-corrected chi connectivity index (χ3v) is 11.1. The molecular weight excluding hydrogens is 554 g/mol. The van der Waals surface area contributed by atoms with Crippen LogP contribution in [0.1, 0.15) is 31.9 Å². The second-order valence-corrected chi connectivity index (χ2v) is 14.5. The van der Waals surface area contributed by atoms with E-state index >= 15 is 0 Å².